The molecule has 1 aromatic heterocycles. The van der Waals surface area contributed by atoms with Crippen LogP contribution in [0, 0.1) is 6.92 Å². The summed E-state index contributed by atoms with van der Waals surface area (Å²) in [7, 11) is 0. The van der Waals surface area contributed by atoms with Crippen LogP contribution in [0.1, 0.15) is 29.1 Å². The lowest BCUT2D eigenvalue weighted by Gasteiger charge is -2.28. The first-order chi connectivity index (χ1) is 14.2. The van der Waals surface area contributed by atoms with Gasteiger partial charge in [0.05, 0.1) is 5.92 Å². The number of benzene rings is 2. The number of hydrogen-bond donors (Lipinski definition) is 0. The zero-order valence-corrected chi connectivity index (χ0v) is 16.0. The number of para-hydroxylation sites is 2. The van der Waals surface area contributed by atoms with Gasteiger partial charge in [-0.1, -0.05) is 47.6 Å². The number of carbonyl (C=O) groups is 1. The van der Waals surface area contributed by atoms with Gasteiger partial charge in [0.2, 0.25) is 12.0 Å². The van der Waals surface area contributed by atoms with Crippen molar-refractivity contribution in [3.63, 3.8) is 0 Å². The molecule has 7 nitrogen and oxygen atoms in total. The highest BCUT2D eigenvalue weighted by Gasteiger charge is 2.43. The molecule has 29 heavy (non-hydrogen) atoms. The third-order valence-corrected chi connectivity index (χ3v) is 5.50. The molecule has 5 rings (SSSR count). The van der Waals surface area contributed by atoms with Crippen molar-refractivity contribution in [2.24, 2.45) is 0 Å². The van der Waals surface area contributed by atoms with Crippen molar-refractivity contribution in [2.45, 2.75) is 24.9 Å². The van der Waals surface area contributed by atoms with Crippen molar-refractivity contribution in [2.75, 3.05) is 19.7 Å². The van der Waals surface area contributed by atoms with E-state index in [4.69, 9.17) is 14.0 Å². The zero-order valence-electron chi connectivity index (χ0n) is 16.0. The summed E-state index contributed by atoms with van der Waals surface area (Å²) in [5.41, 5.74) is 1.15. The average Bonchev–Trinajstić information content (AvgIpc) is 3.40. The molecule has 0 bridgehead atoms. The number of nitrogens with zero attached hydrogens (tertiary/aromatic N) is 3. The first kappa shape index (κ1) is 17.7. The molecule has 3 heterocycles. The first-order valence-corrected chi connectivity index (χ1v) is 9.71. The summed E-state index contributed by atoms with van der Waals surface area (Å²) < 4.78 is 17.1. The van der Waals surface area contributed by atoms with Crippen LogP contribution >= 0.6 is 0 Å². The van der Waals surface area contributed by atoms with E-state index in [0.29, 0.717) is 36.3 Å². The van der Waals surface area contributed by atoms with E-state index in [1.54, 1.807) is 6.92 Å². The quantitative estimate of drug-likeness (QED) is 0.683. The van der Waals surface area contributed by atoms with E-state index in [2.05, 4.69) is 22.3 Å². The summed E-state index contributed by atoms with van der Waals surface area (Å²) in [6.45, 7) is 3.07. The Bertz CT molecular complexity index is 1020. The number of fused-ring (bicyclic) bond motifs is 1. The third-order valence-electron chi connectivity index (χ3n) is 5.50. The number of aromatic nitrogens is 2. The summed E-state index contributed by atoms with van der Waals surface area (Å²) in [5.74, 6) is 2.37. The number of amides is 1. The molecule has 2 aliphatic rings. The van der Waals surface area contributed by atoms with Crippen LogP contribution in [0.4, 0.5) is 0 Å². The lowest BCUT2D eigenvalue weighted by molar-refractivity contribution is -0.140. The van der Waals surface area contributed by atoms with Gasteiger partial charge in [0.15, 0.2) is 17.3 Å². The van der Waals surface area contributed by atoms with Crippen LogP contribution in [-0.2, 0) is 4.79 Å². The molecule has 3 aromatic rings. The number of aryl methyl sites for hydroxylation is 1. The average molecular weight is 391 g/mol. The molecule has 2 aliphatic heterocycles. The molecule has 2 aromatic carbocycles. The maximum Gasteiger partial charge on any atom is 0.267 e. The van der Waals surface area contributed by atoms with Gasteiger partial charge in [-0.2, -0.15) is 4.98 Å². The van der Waals surface area contributed by atoms with Gasteiger partial charge in [-0.25, -0.2) is 0 Å². The van der Waals surface area contributed by atoms with E-state index < -0.39 is 6.10 Å². The fourth-order valence-electron chi connectivity index (χ4n) is 4.08. The highest BCUT2D eigenvalue weighted by Crippen LogP contribution is 2.40. The van der Waals surface area contributed by atoms with Gasteiger partial charge in [0, 0.05) is 19.0 Å². The Kier molecular flexibility index (Phi) is 4.42. The van der Waals surface area contributed by atoms with Crippen LogP contribution in [0.25, 0.3) is 0 Å². The van der Waals surface area contributed by atoms with Crippen molar-refractivity contribution in [3.05, 3.63) is 71.9 Å². The Labute approximate surface area is 168 Å². The molecule has 1 amide bonds. The topological polar surface area (TPSA) is 77.7 Å². The standard InChI is InChI=1S/C22H21N3O4/c1-14-23-21(29-24-14)17-12-25(11-16(17)15-7-3-2-4-8-15)22(26)20-13-27-18-9-5-6-10-19(18)28-20/h2-10,16-17,20H,11-13H2,1H3/t16-,17+,20+/m0/s1. The molecular formula is C22H21N3O4. The van der Waals surface area contributed by atoms with Crippen LogP contribution in [-0.4, -0.2) is 46.7 Å². The van der Waals surface area contributed by atoms with E-state index in [1.807, 2.05) is 47.4 Å². The van der Waals surface area contributed by atoms with E-state index in [9.17, 15) is 4.79 Å². The van der Waals surface area contributed by atoms with Crippen LogP contribution < -0.4 is 9.47 Å². The Morgan fingerprint density at radius 2 is 1.72 bits per heavy atom. The van der Waals surface area contributed by atoms with Crippen molar-refractivity contribution in [3.8, 4) is 11.5 Å². The molecular weight excluding hydrogens is 370 g/mol. The van der Waals surface area contributed by atoms with Crippen LogP contribution in [0.15, 0.2) is 59.1 Å². The molecule has 3 atom stereocenters. The Morgan fingerprint density at radius 3 is 2.48 bits per heavy atom. The van der Waals surface area contributed by atoms with Gasteiger partial charge in [-0.05, 0) is 24.6 Å². The summed E-state index contributed by atoms with van der Waals surface area (Å²) in [6.07, 6.45) is -0.663. The summed E-state index contributed by atoms with van der Waals surface area (Å²) in [4.78, 5) is 19.5. The summed E-state index contributed by atoms with van der Waals surface area (Å²) in [6, 6.07) is 17.5. The smallest absolute Gasteiger partial charge is 0.267 e. The van der Waals surface area contributed by atoms with Gasteiger partial charge in [0.1, 0.15) is 6.61 Å². The van der Waals surface area contributed by atoms with Crippen molar-refractivity contribution >= 4 is 5.91 Å². The van der Waals surface area contributed by atoms with E-state index >= 15 is 0 Å². The predicted octanol–water partition coefficient (Wildman–Crippen LogP) is 2.93. The predicted molar refractivity (Wildman–Crippen MR) is 104 cm³/mol. The maximum absolute atomic E-state index is 13.2. The van der Waals surface area contributed by atoms with Crippen LogP contribution in [0.2, 0.25) is 0 Å². The second-order valence-corrected chi connectivity index (χ2v) is 7.41. The molecule has 148 valence electrons. The second-order valence-electron chi connectivity index (χ2n) is 7.41. The number of carbonyl (C=O) groups excluding carboxylic acids is 1. The molecule has 0 spiro atoms. The van der Waals surface area contributed by atoms with Crippen molar-refractivity contribution in [1.82, 2.24) is 15.0 Å². The molecule has 1 fully saturated rings. The zero-order chi connectivity index (χ0) is 19.8. The Balaban J connectivity index is 1.39. The lowest BCUT2D eigenvalue weighted by atomic mass is 9.89. The van der Waals surface area contributed by atoms with Crippen LogP contribution in [0.3, 0.4) is 0 Å². The SMILES string of the molecule is Cc1noc([C@@H]2CN(C(=O)[C@H]3COc4ccccc4O3)C[C@H]2c2ccccc2)n1. The van der Waals surface area contributed by atoms with E-state index in [-0.39, 0.29) is 24.3 Å². The molecule has 0 radical (unpaired) electrons. The largest absolute Gasteiger partial charge is 0.485 e. The van der Waals surface area contributed by atoms with Gasteiger partial charge in [0.25, 0.3) is 5.91 Å². The van der Waals surface area contributed by atoms with Crippen molar-refractivity contribution < 1.29 is 18.8 Å². The Hall–Kier alpha value is -3.35. The highest BCUT2D eigenvalue weighted by molar-refractivity contribution is 5.82. The normalized spacial score (nSPS) is 23.2. The minimum Gasteiger partial charge on any atom is -0.485 e. The fourth-order valence-corrected chi connectivity index (χ4v) is 4.08. The van der Waals surface area contributed by atoms with Gasteiger partial charge in [-0.3, -0.25) is 4.79 Å². The highest BCUT2D eigenvalue weighted by atomic mass is 16.6. The molecule has 1 saturated heterocycles. The fraction of sp³-hybridized carbons (Fsp3) is 0.318. The van der Waals surface area contributed by atoms with Crippen molar-refractivity contribution in [1.29, 1.82) is 0 Å². The van der Waals surface area contributed by atoms with Gasteiger partial charge < -0.3 is 18.9 Å². The molecule has 0 saturated carbocycles. The molecule has 0 N–H and O–H groups in total. The monoisotopic (exact) mass is 391 g/mol. The minimum absolute atomic E-state index is 0.0562. The van der Waals surface area contributed by atoms with Gasteiger partial charge >= 0.3 is 0 Å². The van der Waals surface area contributed by atoms with Gasteiger partial charge in [-0.15, -0.1) is 0 Å². The molecule has 0 unspecified atom stereocenters. The summed E-state index contributed by atoms with van der Waals surface area (Å²) >= 11 is 0. The second kappa shape index (κ2) is 7.24. The Morgan fingerprint density at radius 1 is 1.00 bits per heavy atom. The molecule has 7 heteroatoms. The minimum atomic E-state index is -0.663. The number of ether oxygens (including phenoxy) is 2. The third kappa shape index (κ3) is 3.33. The number of rotatable bonds is 3. The van der Waals surface area contributed by atoms with E-state index in [1.165, 1.54) is 0 Å². The van der Waals surface area contributed by atoms with E-state index in [0.717, 1.165) is 5.56 Å². The maximum atomic E-state index is 13.2. The number of likely N-dealkylation sites (tertiary alicyclic amines) is 1. The summed E-state index contributed by atoms with van der Waals surface area (Å²) in [5, 5.41) is 3.94. The lowest BCUT2D eigenvalue weighted by Crippen LogP contribution is -2.45. The first-order valence-electron chi connectivity index (χ1n) is 9.71. The molecule has 0 aliphatic carbocycles. The van der Waals surface area contributed by atoms with Crippen LogP contribution in [0.5, 0.6) is 11.5 Å². The number of hydrogen-bond acceptors (Lipinski definition) is 6.